The van der Waals surface area contributed by atoms with Gasteiger partial charge in [-0.1, -0.05) is 12.8 Å². The second-order valence-electron chi connectivity index (χ2n) is 3.94. The summed E-state index contributed by atoms with van der Waals surface area (Å²) in [5.41, 5.74) is 4.96. The first kappa shape index (κ1) is 16.1. The molecule has 6 nitrogen and oxygen atoms in total. The number of primary amides is 1. The summed E-state index contributed by atoms with van der Waals surface area (Å²) >= 11 is 0. The molecule has 0 aliphatic heterocycles. The maximum atomic E-state index is 10.4. The van der Waals surface area contributed by atoms with Crippen molar-refractivity contribution in [2.24, 2.45) is 5.73 Å². The number of rotatable bonds is 11. The van der Waals surface area contributed by atoms with Crippen molar-refractivity contribution >= 4 is 6.03 Å². The highest BCUT2D eigenvalue weighted by Crippen LogP contribution is 2.01. The van der Waals surface area contributed by atoms with Crippen LogP contribution in [-0.4, -0.2) is 51.7 Å². The van der Waals surface area contributed by atoms with Crippen LogP contribution < -0.4 is 11.1 Å². The molecule has 0 aliphatic rings. The molecule has 0 saturated carbocycles. The van der Waals surface area contributed by atoms with Gasteiger partial charge in [0.05, 0.1) is 0 Å². The predicted octanol–water partition coefficient (Wildman–Crippen LogP) is 0.725. The third-order valence-corrected chi connectivity index (χ3v) is 2.32. The summed E-state index contributed by atoms with van der Waals surface area (Å²) in [5, 5.41) is 2.57. The molecule has 0 rings (SSSR count). The zero-order chi connectivity index (χ0) is 12.9. The van der Waals surface area contributed by atoms with E-state index in [4.69, 9.17) is 15.2 Å². The van der Waals surface area contributed by atoms with Crippen molar-refractivity contribution < 1.29 is 14.3 Å². The monoisotopic (exact) mass is 247 g/mol. The minimum Gasteiger partial charge on any atom is -0.369 e. The topological polar surface area (TPSA) is 76.8 Å². The Hall–Kier alpha value is -0.850. The third kappa shape index (κ3) is 11.4. The van der Waals surface area contributed by atoms with Crippen molar-refractivity contribution in [3.63, 3.8) is 0 Å². The van der Waals surface area contributed by atoms with Crippen molar-refractivity contribution in [2.45, 2.75) is 25.7 Å². The molecule has 0 heterocycles. The molecule has 102 valence electrons. The Morgan fingerprint density at radius 2 is 1.71 bits per heavy atom. The second-order valence-corrected chi connectivity index (χ2v) is 3.94. The van der Waals surface area contributed by atoms with Gasteiger partial charge < -0.3 is 20.5 Å². The van der Waals surface area contributed by atoms with Crippen LogP contribution in [-0.2, 0) is 9.47 Å². The number of ether oxygens (including phenoxy) is 2. The number of nitrogens with zero attached hydrogens (tertiary/aromatic N) is 1. The summed E-state index contributed by atoms with van der Waals surface area (Å²) in [7, 11) is 3.36. The number of nitrogens with one attached hydrogen (secondary N) is 1. The summed E-state index contributed by atoms with van der Waals surface area (Å²) in [4.78, 5) is 12.5. The van der Waals surface area contributed by atoms with Crippen LogP contribution in [0.3, 0.4) is 0 Å². The molecule has 0 aromatic rings. The Morgan fingerprint density at radius 3 is 2.24 bits per heavy atom. The number of hydrogen-bond acceptors (Lipinski definition) is 4. The lowest BCUT2D eigenvalue weighted by atomic mass is 10.2. The summed E-state index contributed by atoms with van der Waals surface area (Å²) in [5.74, 6) is 0. The Bertz CT molecular complexity index is 185. The van der Waals surface area contributed by atoms with Crippen molar-refractivity contribution in [3.8, 4) is 0 Å². The van der Waals surface area contributed by atoms with Crippen LogP contribution in [0.2, 0.25) is 0 Å². The van der Waals surface area contributed by atoms with E-state index in [0.717, 1.165) is 32.2 Å². The van der Waals surface area contributed by atoms with Crippen molar-refractivity contribution in [1.82, 2.24) is 10.2 Å². The maximum Gasteiger partial charge on any atom is 0.312 e. The van der Waals surface area contributed by atoms with Crippen LogP contribution in [0.4, 0.5) is 4.79 Å². The molecule has 0 saturated heterocycles. The fraction of sp³-hybridized carbons (Fsp3) is 0.909. The van der Waals surface area contributed by atoms with Crippen LogP contribution in [0.5, 0.6) is 0 Å². The Balaban J connectivity index is 3.32. The SMILES string of the molecule is COCN(CCCCCCNC(N)=O)COC. The lowest BCUT2D eigenvalue weighted by molar-refractivity contribution is -0.0141. The van der Waals surface area contributed by atoms with Crippen LogP contribution in [0.25, 0.3) is 0 Å². The molecule has 0 aromatic heterocycles. The molecule has 0 unspecified atom stereocenters. The van der Waals surface area contributed by atoms with Crippen LogP contribution in [0, 0.1) is 0 Å². The average Bonchev–Trinajstić information content (AvgIpc) is 2.28. The molecular weight excluding hydrogens is 222 g/mol. The van der Waals surface area contributed by atoms with Crippen LogP contribution in [0.15, 0.2) is 0 Å². The molecule has 17 heavy (non-hydrogen) atoms. The fourth-order valence-corrected chi connectivity index (χ4v) is 1.56. The Kier molecular flexibility index (Phi) is 11.0. The number of unbranched alkanes of at least 4 members (excludes halogenated alkanes) is 3. The molecule has 0 atom stereocenters. The quantitative estimate of drug-likeness (QED) is 0.417. The van der Waals surface area contributed by atoms with E-state index in [1.54, 1.807) is 14.2 Å². The van der Waals surface area contributed by atoms with Gasteiger partial charge in [0.15, 0.2) is 0 Å². The van der Waals surface area contributed by atoms with E-state index in [9.17, 15) is 4.79 Å². The largest absolute Gasteiger partial charge is 0.369 e. The van der Waals surface area contributed by atoms with Crippen molar-refractivity contribution in [1.29, 1.82) is 0 Å². The molecular formula is C11H25N3O3. The van der Waals surface area contributed by atoms with Gasteiger partial charge in [0.1, 0.15) is 13.5 Å². The molecule has 2 amide bonds. The van der Waals surface area contributed by atoms with Gasteiger partial charge in [-0.2, -0.15) is 0 Å². The molecule has 0 fully saturated rings. The van der Waals surface area contributed by atoms with E-state index in [1.807, 2.05) is 0 Å². The lowest BCUT2D eigenvalue weighted by Crippen LogP contribution is -2.30. The van der Waals surface area contributed by atoms with E-state index >= 15 is 0 Å². The zero-order valence-corrected chi connectivity index (χ0v) is 10.9. The predicted molar refractivity (Wildman–Crippen MR) is 66.5 cm³/mol. The van der Waals surface area contributed by atoms with Gasteiger partial charge in [-0.25, -0.2) is 4.79 Å². The number of hydrogen-bond donors (Lipinski definition) is 2. The summed E-state index contributed by atoms with van der Waals surface area (Å²) in [6, 6.07) is -0.448. The maximum absolute atomic E-state index is 10.4. The number of nitrogens with two attached hydrogens (primary N) is 1. The van der Waals surface area contributed by atoms with Gasteiger partial charge in [-0.3, -0.25) is 4.90 Å². The van der Waals surface area contributed by atoms with Crippen LogP contribution >= 0.6 is 0 Å². The van der Waals surface area contributed by atoms with Crippen molar-refractivity contribution in [2.75, 3.05) is 40.8 Å². The molecule has 0 radical (unpaired) electrons. The van der Waals surface area contributed by atoms with Gasteiger partial charge in [0, 0.05) is 27.3 Å². The number of carbonyl (C=O) groups is 1. The van der Waals surface area contributed by atoms with Gasteiger partial charge in [-0.15, -0.1) is 0 Å². The first-order chi connectivity index (χ1) is 8.20. The molecule has 0 aromatic carbocycles. The average molecular weight is 247 g/mol. The first-order valence-corrected chi connectivity index (χ1v) is 5.94. The fourth-order valence-electron chi connectivity index (χ4n) is 1.56. The third-order valence-electron chi connectivity index (χ3n) is 2.32. The number of amides is 2. The summed E-state index contributed by atoms with van der Waals surface area (Å²) < 4.78 is 10.1. The van der Waals surface area contributed by atoms with Gasteiger partial charge >= 0.3 is 6.03 Å². The second kappa shape index (κ2) is 11.6. The molecule has 0 aliphatic carbocycles. The van der Waals surface area contributed by atoms with Crippen molar-refractivity contribution in [3.05, 3.63) is 0 Å². The zero-order valence-electron chi connectivity index (χ0n) is 10.9. The number of carbonyl (C=O) groups excluding carboxylic acids is 1. The minimum atomic E-state index is -0.448. The molecule has 3 N–H and O–H groups in total. The Labute approximate surface area is 103 Å². The van der Waals surface area contributed by atoms with E-state index < -0.39 is 6.03 Å². The summed E-state index contributed by atoms with van der Waals surface area (Å²) in [6.07, 6.45) is 4.29. The van der Waals surface area contributed by atoms with Gasteiger partial charge in [0.2, 0.25) is 0 Å². The molecule has 6 heteroatoms. The number of urea groups is 1. The first-order valence-electron chi connectivity index (χ1n) is 5.94. The Morgan fingerprint density at radius 1 is 1.12 bits per heavy atom. The van der Waals surface area contributed by atoms with E-state index in [2.05, 4.69) is 10.2 Å². The summed E-state index contributed by atoms with van der Waals surface area (Å²) in [6.45, 7) is 2.81. The lowest BCUT2D eigenvalue weighted by Gasteiger charge is -2.19. The van der Waals surface area contributed by atoms with Gasteiger partial charge in [-0.05, 0) is 12.8 Å². The molecule has 0 bridgehead atoms. The number of methoxy groups -OCH3 is 2. The minimum absolute atomic E-state index is 0.448. The standard InChI is InChI=1S/C11H25N3O3/c1-16-9-14(10-17-2)8-6-4-3-5-7-13-11(12)15/h3-10H2,1-2H3,(H3,12,13,15). The highest BCUT2D eigenvalue weighted by molar-refractivity contribution is 5.71. The highest BCUT2D eigenvalue weighted by atomic mass is 16.5. The van der Waals surface area contributed by atoms with Crippen LogP contribution in [0.1, 0.15) is 25.7 Å². The highest BCUT2D eigenvalue weighted by Gasteiger charge is 2.02. The van der Waals surface area contributed by atoms with E-state index in [1.165, 1.54) is 0 Å². The van der Waals surface area contributed by atoms with Gasteiger partial charge in [0.25, 0.3) is 0 Å². The molecule has 0 spiro atoms. The van der Waals surface area contributed by atoms with E-state index in [-0.39, 0.29) is 0 Å². The smallest absolute Gasteiger partial charge is 0.312 e. The van der Waals surface area contributed by atoms with E-state index in [0.29, 0.717) is 20.0 Å². The normalized spacial score (nSPS) is 10.8.